The summed E-state index contributed by atoms with van der Waals surface area (Å²) < 4.78 is 0. The number of benzene rings is 1. The number of phenolic OH excluding ortho intramolecular Hbond substituents is 2. The SMILES string of the molecule is Oc1ccc2c(c1O)CCCC21CCCNC1. The quantitative estimate of drug-likeness (QED) is 0.601. The first-order valence-electron chi connectivity index (χ1n) is 6.48. The minimum absolute atomic E-state index is 0.0181. The molecule has 0 bridgehead atoms. The van der Waals surface area contributed by atoms with Crippen LogP contribution in [0.4, 0.5) is 0 Å². The Labute approximate surface area is 101 Å². The van der Waals surface area contributed by atoms with Gasteiger partial charge >= 0.3 is 0 Å². The maximum Gasteiger partial charge on any atom is 0.160 e. The minimum Gasteiger partial charge on any atom is -0.504 e. The number of fused-ring (bicyclic) bond motifs is 2. The summed E-state index contributed by atoms with van der Waals surface area (Å²) in [4.78, 5) is 0. The van der Waals surface area contributed by atoms with E-state index in [0.29, 0.717) is 0 Å². The van der Waals surface area contributed by atoms with Crippen molar-refractivity contribution in [3.63, 3.8) is 0 Å². The largest absolute Gasteiger partial charge is 0.504 e. The molecule has 1 aromatic carbocycles. The fraction of sp³-hybridized carbons (Fsp3) is 0.571. The van der Waals surface area contributed by atoms with Gasteiger partial charge in [-0.05, 0) is 50.3 Å². The molecule has 1 heterocycles. The number of aromatic hydroxyl groups is 2. The molecule has 3 N–H and O–H groups in total. The highest BCUT2D eigenvalue weighted by atomic mass is 16.3. The topological polar surface area (TPSA) is 52.5 Å². The Morgan fingerprint density at radius 3 is 2.71 bits per heavy atom. The Balaban J connectivity index is 2.10. The second-order valence-corrected chi connectivity index (χ2v) is 5.37. The summed E-state index contributed by atoms with van der Waals surface area (Å²) in [5.41, 5.74) is 2.42. The summed E-state index contributed by atoms with van der Waals surface area (Å²) in [6.45, 7) is 2.10. The summed E-state index contributed by atoms with van der Waals surface area (Å²) in [7, 11) is 0. The van der Waals surface area contributed by atoms with Crippen molar-refractivity contribution in [2.45, 2.75) is 37.5 Å². The summed E-state index contributed by atoms with van der Waals surface area (Å²) in [5, 5.41) is 23.1. The third-order valence-electron chi connectivity index (χ3n) is 4.39. The first-order chi connectivity index (χ1) is 8.23. The van der Waals surface area contributed by atoms with E-state index in [9.17, 15) is 10.2 Å². The summed E-state index contributed by atoms with van der Waals surface area (Å²) in [6.07, 6.45) is 5.57. The van der Waals surface area contributed by atoms with Gasteiger partial charge in [0.1, 0.15) is 0 Å². The lowest BCUT2D eigenvalue weighted by atomic mass is 9.66. The average molecular weight is 233 g/mol. The van der Waals surface area contributed by atoms with Gasteiger partial charge in [-0.15, -0.1) is 0 Å². The fourth-order valence-corrected chi connectivity index (χ4v) is 3.52. The maximum atomic E-state index is 9.99. The fourth-order valence-electron chi connectivity index (χ4n) is 3.52. The molecule has 17 heavy (non-hydrogen) atoms. The predicted molar refractivity (Wildman–Crippen MR) is 66.5 cm³/mol. The Hall–Kier alpha value is -1.22. The maximum absolute atomic E-state index is 9.99. The van der Waals surface area contributed by atoms with Gasteiger partial charge in [-0.1, -0.05) is 6.07 Å². The van der Waals surface area contributed by atoms with E-state index in [1.165, 1.54) is 24.8 Å². The van der Waals surface area contributed by atoms with Gasteiger partial charge in [0, 0.05) is 17.5 Å². The lowest BCUT2D eigenvalue weighted by Crippen LogP contribution is -2.45. The van der Waals surface area contributed by atoms with Crippen molar-refractivity contribution < 1.29 is 10.2 Å². The average Bonchev–Trinajstić information content (AvgIpc) is 2.36. The first-order valence-corrected chi connectivity index (χ1v) is 6.48. The molecule has 1 saturated heterocycles. The van der Waals surface area contributed by atoms with Crippen molar-refractivity contribution in [3.8, 4) is 11.5 Å². The summed E-state index contributed by atoms with van der Waals surface area (Å²) in [6, 6.07) is 3.65. The van der Waals surface area contributed by atoms with Crippen LogP contribution in [-0.2, 0) is 11.8 Å². The van der Waals surface area contributed by atoms with E-state index in [1.54, 1.807) is 6.07 Å². The lowest BCUT2D eigenvalue weighted by Gasteiger charge is -2.42. The van der Waals surface area contributed by atoms with Crippen molar-refractivity contribution in [2.24, 2.45) is 0 Å². The van der Waals surface area contributed by atoms with E-state index in [-0.39, 0.29) is 16.9 Å². The molecule has 3 heteroatoms. The van der Waals surface area contributed by atoms with E-state index in [0.717, 1.165) is 31.5 Å². The van der Waals surface area contributed by atoms with Crippen LogP contribution in [0.15, 0.2) is 12.1 Å². The molecule has 1 unspecified atom stereocenters. The number of rotatable bonds is 0. The zero-order chi connectivity index (χ0) is 11.9. The standard InChI is InChI=1S/C14H19NO2/c16-12-5-4-11-10(13(12)17)3-1-6-14(11)7-2-8-15-9-14/h4-5,15-17H,1-3,6-9H2. The van der Waals surface area contributed by atoms with E-state index in [2.05, 4.69) is 5.32 Å². The van der Waals surface area contributed by atoms with Crippen LogP contribution in [0.5, 0.6) is 11.5 Å². The molecular formula is C14H19NO2. The smallest absolute Gasteiger partial charge is 0.160 e. The van der Waals surface area contributed by atoms with Crippen LogP contribution in [0, 0.1) is 0 Å². The second kappa shape index (κ2) is 3.91. The van der Waals surface area contributed by atoms with Gasteiger partial charge in [0.05, 0.1) is 0 Å². The lowest BCUT2D eigenvalue weighted by molar-refractivity contribution is 0.269. The van der Waals surface area contributed by atoms with Crippen molar-refractivity contribution >= 4 is 0 Å². The van der Waals surface area contributed by atoms with E-state index < -0.39 is 0 Å². The number of nitrogens with one attached hydrogen (secondary N) is 1. The molecule has 0 amide bonds. The summed E-state index contributed by atoms with van der Waals surface area (Å²) >= 11 is 0. The molecule has 0 saturated carbocycles. The zero-order valence-corrected chi connectivity index (χ0v) is 10.00. The molecule has 1 aliphatic heterocycles. The van der Waals surface area contributed by atoms with Crippen molar-refractivity contribution in [2.75, 3.05) is 13.1 Å². The number of phenols is 2. The van der Waals surface area contributed by atoms with Crippen LogP contribution in [0.3, 0.4) is 0 Å². The van der Waals surface area contributed by atoms with Gasteiger partial charge in [-0.2, -0.15) is 0 Å². The highest BCUT2D eigenvalue weighted by Gasteiger charge is 2.38. The number of hydrogen-bond donors (Lipinski definition) is 3. The molecule has 1 atom stereocenters. The molecule has 1 fully saturated rings. The molecule has 0 radical (unpaired) electrons. The Bertz CT molecular complexity index is 436. The van der Waals surface area contributed by atoms with E-state index in [4.69, 9.17) is 0 Å². The Morgan fingerprint density at radius 1 is 1.12 bits per heavy atom. The molecule has 2 aliphatic rings. The molecule has 0 aromatic heterocycles. The van der Waals surface area contributed by atoms with Gasteiger partial charge in [-0.3, -0.25) is 0 Å². The molecule has 3 rings (SSSR count). The third kappa shape index (κ3) is 1.61. The zero-order valence-electron chi connectivity index (χ0n) is 10.00. The van der Waals surface area contributed by atoms with Gasteiger partial charge < -0.3 is 15.5 Å². The molecular weight excluding hydrogens is 214 g/mol. The molecule has 92 valence electrons. The van der Waals surface area contributed by atoms with Crippen molar-refractivity contribution in [1.29, 1.82) is 0 Å². The molecule has 1 spiro atoms. The van der Waals surface area contributed by atoms with E-state index in [1.807, 2.05) is 6.07 Å². The molecule has 1 aromatic rings. The van der Waals surface area contributed by atoms with E-state index >= 15 is 0 Å². The van der Waals surface area contributed by atoms with Gasteiger partial charge in [-0.25, -0.2) is 0 Å². The van der Waals surface area contributed by atoms with Crippen molar-refractivity contribution in [1.82, 2.24) is 5.32 Å². The van der Waals surface area contributed by atoms with Crippen LogP contribution >= 0.6 is 0 Å². The molecule has 3 nitrogen and oxygen atoms in total. The number of hydrogen-bond acceptors (Lipinski definition) is 3. The minimum atomic E-state index is 0.0181. The van der Waals surface area contributed by atoms with Gasteiger partial charge in [0.15, 0.2) is 11.5 Å². The normalized spacial score (nSPS) is 28.0. The summed E-state index contributed by atoms with van der Waals surface area (Å²) in [5.74, 6) is 0.122. The monoisotopic (exact) mass is 233 g/mol. The van der Waals surface area contributed by atoms with Crippen LogP contribution in [0.25, 0.3) is 0 Å². The van der Waals surface area contributed by atoms with Crippen molar-refractivity contribution in [3.05, 3.63) is 23.3 Å². The third-order valence-corrected chi connectivity index (χ3v) is 4.39. The Kier molecular flexibility index (Phi) is 2.51. The van der Waals surface area contributed by atoms with Crippen LogP contribution in [-0.4, -0.2) is 23.3 Å². The Morgan fingerprint density at radius 2 is 1.94 bits per heavy atom. The first kappa shape index (κ1) is 10.9. The predicted octanol–water partition coefficient (Wildman–Crippen LogP) is 2.06. The second-order valence-electron chi connectivity index (χ2n) is 5.37. The number of piperidine rings is 1. The highest BCUT2D eigenvalue weighted by Crippen LogP contribution is 2.46. The van der Waals surface area contributed by atoms with Crippen LogP contribution in [0.1, 0.15) is 36.8 Å². The van der Waals surface area contributed by atoms with Crippen LogP contribution in [0.2, 0.25) is 0 Å². The van der Waals surface area contributed by atoms with Gasteiger partial charge in [0.2, 0.25) is 0 Å². The van der Waals surface area contributed by atoms with Gasteiger partial charge in [0.25, 0.3) is 0 Å². The molecule has 1 aliphatic carbocycles. The highest BCUT2D eigenvalue weighted by molar-refractivity contribution is 5.53. The van der Waals surface area contributed by atoms with Crippen LogP contribution < -0.4 is 5.32 Å².